The standard InChI is InChI=1S/C13H18N6O2/c1-8-15-11-10(7-14-18(11)2)12(16-8)19-5-3-9(4-6-19)17-13(20)21/h7,9,17H,3-6H2,1-2H3,(H,20,21). The second kappa shape index (κ2) is 5.19. The third kappa shape index (κ3) is 2.61. The summed E-state index contributed by atoms with van der Waals surface area (Å²) in [6, 6.07) is 0.0195. The van der Waals surface area contributed by atoms with E-state index in [0.29, 0.717) is 5.82 Å². The first-order valence-electron chi connectivity index (χ1n) is 6.95. The van der Waals surface area contributed by atoms with E-state index in [1.54, 1.807) is 10.9 Å². The highest BCUT2D eigenvalue weighted by atomic mass is 16.4. The normalized spacial score (nSPS) is 16.4. The molecule has 2 aromatic rings. The van der Waals surface area contributed by atoms with Crippen molar-refractivity contribution in [2.75, 3.05) is 18.0 Å². The van der Waals surface area contributed by atoms with Crippen molar-refractivity contribution in [3.63, 3.8) is 0 Å². The first-order chi connectivity index (χ1) is 10.0. The van der Waals surface area contributed by atoms with Crippen molar-refractivity contribution in [2.45, 2.75) is 25.8 Å². The molecule has 8 heteroatoms. The molecule has 8 nitrogen and oxygen atoms in total. The number of anilines is 1. The lowest BCUT2D eigenvalue weighted by Gasteiger charge is -2.32. The predicted octanol–water partition coefficient (Wildman–Crippen LogP) is 0.908. The van der Waals surface area contributed by atoms with Crippen LogP contribution in [0.1, 0.15) is 18.7 Å². The molecule has 0 atom stereocenters. The lowest BCUT2D eigenvalue weighted by Crippen LogP contribution is -2.44. The van der Waals surface area contributed by atoms with Crippen molar-refractivity contribution < 1.29 is 9.90 Å². The van der Waals surface area contributed by atoms with Crippen molar-refractivity contribution in [2.24, 2.45) is 7.05 Å². The molecular weight excluding hydrogens is 272 g/mol. The van der Waals surface area contributed by atoms with Crippen LogP contribution in [0.2, 0.25) is 0 Å². The van der Waals surface area contributed by atoms with Gasteiger partial charge in [-0.1, -0.05) is 0 Å². The number of aromatic nitrogens is 4. The summed E-state index contributed by atoms with van der Waals surface area (Å²) in [6.07, 6.45) is 2.38. The molecule has 112 valence electrons. The SMILES string of the molecule is Cc1nc(N2CCC(NC(=O)O)CC2)c2cnn(C)c2n1. The Balaban J connectivity index is 1.84. The fourth-order valence-electron chi connectivity index (χ4n) is 2.76. The summed E-state index contributed by atoms with van der Waals surface area (Å²) < 4.78 is 1.74. The van der Waals surface area contributed by atoms with Gasteiger partial charge < -0.3 is 15.3 Å². The largest absolute Gasteiger partial charge is 0.465 e. The fraction of sp³-hybridized carbons (Fsp3) is 0.538. The van der Waals surface area contributed by atoms with Crippen LogP contribution in [-0.4, -0.2) is 50.1 Å². The molecule has 0 unspecified atom stereocenters. The Morgan fingerprint density at radius 3 is 2.76 bits per heavy atom. The zero-order valence-corrected chi connectivity index (χ0v) is 12.1. The van der Waals surface area contributed by atoms with Crippen molar-refractivity contribution in [1.29, 1.82) is 0 Å². The monoisotopic (exact) mass is 290 g/mol. The highest BCUT2D eigenvalue weighted by Gasteiger charge is 2.23. The number of fused-ring (bicyclic) bond motifs is 1. The van der Waals surface area contributed by atoms with Gasteiger partial charge in [-0.15, -0.1) is 0 Å². The molecule has 1 saturated heterocycles. The summed E-state index contributed by atoms with van der Waals surface area (Å²) in [7, 11) is 1.86. The van der Waals surface area contributed by atoms with Gasteiger partial charge in [0.1, 0.15) is 11.6 Å². The minimum absolute atomic E-state index is 0.0195. The first kappa shape index (κ1) is 13.6. The molecule has 2 N–H and O–H groups in total. The van der Waals surface area contributed by atoms with Crippen molar-refractivity contribution >= 4 is 22.9 Å². The zero-order valence-electron chi connectivity index (χ0n) is 12.1. The molecular formula is C13H18N6O2. The number of nitrogens with one attached hydrogen (secondary N) is 1. The summed E-state index contributed by atoms with van der Waals surface area (Å²) in [6.45, 7) is 3.41. The molecule has 1 amide bonds. The van der Waals surface area contributed by atoms with E-state index >= 15 is 0 Å². The number of amides is 1. The van der Waals surface area contributed by atoms with Crippen LogP contribution in [0.3, 0.4) is 0 Å². The van der Waals surface area contributed by atoms with Gasteiger partial charge in [-0.3, -0.25) is 4.68 Å². The zero-order chi connectivity index (χ0) is 15.0. The van der Waals surface area contributed by atoms with E-state index in [-0.39, 0.29) is 6.04 Å². The first-order valence-corrected chi connectivity index (χ1v) is 6.95. The van der Waals surface area contributed by atoms with E-state index in [1.165, 1.54) is 0 Å². The molecule has 0 radical (unpaired) electrons. The van der Waals surface area contributed by atoms with Crippen LogP contribution in [0.15, 0.2) is 6.20 Å². The Morgan fingerprint density at radius 2 is 2.10 bits per heavy atom. The number of carboxylic acid groups (broad SMARTS) is 1. The van der Waals surface area contributed by atoms with Gasteiger partial charge in [0.25, 0.3) is 0 Å². The number of hydrogen-bond acceptors (Lipinski definition) is 5. The highest BCUT2D eigenvalue weighted by molar-refractivity contribution is 5.87. The van der Waals surface area contributed by atoms with Crippen molar-refractivity contribution in [3.8, 4) is 0 Å². The quantitative estimate of drug-likeness (QED) is 0.853. The third-order valence-corrected chi connectivity index (χ3v) is 3.81. The Kier molecular flexibility index (Phi) is 3.36. The molecule has 1 aliphatic rings. The molecule has 3 rings (SSSR count). The lowest BCUT2D eigenvalue weighted by molar-refractivity contribution is 0.187. The minimum atomic E-state index is -0.957. The number of piperidine rings is 1. The van der Waals surface area contributed by atoms with Crippen LogP contribution in [0.25, 0.3) is 11.0 Å². The van der Waals surface area contributed by atoms with Gasteiger partial charge >= 0.3 is 6.09 Å². The van der Waals surface area contributed by atoms with Crippen LogP contribution in [0.5, 0.6) is 0 Å². The molecule has 3 heterocycles. The minimum Gasteiger partial charge on any atom is -0.465 e. The van der Waals surface area contributed by atoms with Crippen LogP contribution in [0.4, 0.5) is 10.6 Å². The van der Waals surface area contributed by atoms with Crippen LogP contribution in [0, 0.1) is 6.92 Å². The van der Waals surface area contributed by atoms with E-state index in [4.69, 9.17) is 5.11 Å². The van der Waals surface area contributed by atoms with Crippen LogP contribution < -0.4 is 10.2 Å². The molecule has 0 bridgehead atoms. The Bertz CT molecular complexity index is 675. The van der Waals surface area contributed by atoms with Gasteiger partial charge in [0.05, 0.1) is 11.6 Å². The number of carbonyl (C=O) groups is 1. The lowest BCUT2D eigenvalue weighted by atomic mass is 10.1. The summed E-state index contributed by atoms with van der Waals surface area (Å²) in [5.41, 5.74) is 0.822. The van der Waals surface area contributed by atoms with E-state index in [0.717, 1.165) is 42.8 Å². The maximum atomic E-state index is 10.7. The van der Waals surface area contributed by atoms with E-state index < -0.39 is 6.09 Å². The molecule has 0 aromatic carbocycles. The van der Waals surface area contributed by atoms with Gasteiger partial charge in [0, 0.05) is 26.2 Å². The number of rotatable bonds is 2. The molecule has 0 spiro atoms. The number of aryl methyl sites for hydroxylation is 2. The molecule has 1 aliphatic heterocycles. The maximum absolute atomic E-state index is 10.7. The summed E-state index contributed by atoms with van der Waals surface area (Å²) in [5.74, 6) is 1.60. The average Bonchev–Trinajstić information content (AvgIpc) is 2.80. The van der Waals surface area contributed by atoms with E-state index in [2.05, 4.69) is 25.3 Å². The Morgan fingerprint density at radius 1 is 1.38 bits per heavy atom. The van der Waals surface area contributed by atoms with Crippen LogP contribution in [-0.2, 0) is 7.05 Å². The van der Waals surface area contributed by atoms with E-state index in [9.17, 15) is 4.79 Å². The maximum Gasteiger partial charge on any atom is 0.404 e. The van der Waals surface area contributed by atoms with Gasteiger partial charge in [-0.2, -0.15) is 5.10 Å². The van der Waals surface area contributed by atoms with Crippen molar-refractivity contribution in [1.82, 2.24) is 25.1 Å². The van der Waals surface area contributed by atoms with E-state index in [1.807, 2.05) is 14.0 Å². The van der Waals surface area contributed by atoms with Gasteiger partial charge in [0.15, 0.2) is 5.65 Å². The second-order valence-electron chi connectivity index (χ2n) is 5.31. The summed E-state index contributed by atoms with van der Waals surface area (Å²) in [5, 5.41) is 16.5. The van der Waals surface area contributed by atoms with Gasteiger partial charge in [-0.05, 0) is 19.8 Å². The molecule has 0 aliphatic carbocycles. The average molecular weight is 290 g/mol. The highest BCUT2D eigenvalue weighted by Crippen LogP contribution is 2.26. The third-order valence-electron chi connectivity index (χ3n) is 3.81. The number of hydrogen-bond donors (Lipinski definition) is 2. The Hall–Kier alpha value is -2.38. The molecule has 1 fully saturated rings. The topological polar surface area (TPSA) is 96.2 Å². The second-order valence-corrected chi connectivity index (χ2v) is 5.31. The number of nitrogens with zero attached hydrogens (tertiary/aromatic N) is 5. The predicted molar refractivity (Wildman–Crippen MR) is 77.4 cm³/mol. The van der Waals surface area contributed by atoms with Gasteiger partial charge in [0.2, 0.25) is 0 Å². The van der Waals surface area contributed by atoms with Crippen LogP contribution >= 0.6 is 0 Å². The van der Waals surface area contributed by atoms with Crippen molar-refractivity contribution in [3.05, 3.63) is 12.0 Å². The smallest absolute Gasteiger partial charge is 0.404 e. The van der Waals surface area contributed by atoms with Gasteiger partial charge in [-0.25, -0.2) is 14.8 Å². The molecule has 21 heavy (non-hydrogen) atoms. The fourth-order valence-corrected chi connectivity index (χ4v) is 2.76. The Labute approximate surface area is 121 Å². The summed E-state index contributed by atoms with van der Waals surface area (Å²) in [4.78, 5) is 21.8. The molecule has 0 saturated carbocycles. The summed E-state index contributed by atoms with van der Waals surface area (Å²) >= 11 is 0. The molecule has 2 aromatic heterocycles.